The van der Waals surface area contributed by atoms with Crippen LogP contribution < -0.4 is 25.9 Å². The fraction of sp³-hybridized carbons (Fsp3) is 0.0556. The topological polar surface area (TPSA) is 18.5 Å². The fourth-order valence-corrected chi connectivity index (χ4v) is 6.21. The van der Waals surface area contributed by atoms with Gasteiger partial charge in [0.25, 0.3) is 6.71 Å². The molecule has 2 nitrogen and oxygen atoms in total. The Hall–Kier alpha value is -4.76. The second-order valence-electron chi connectivity index (χ2n) is 10.3. The van der Waals surface area contributed by atoms with Crippen LogP contribution >= 0.6 is 0 Å². The minimum atomic E-state index is 0.00273. The van der Waals surface area contributed by atoms with Gasteiger partial charge in [-0.2, -0.15) is 0 Å². The number of hydrogen-bond donors (Lipinski definition) is 0. The molecule has 0 amide bonds. The largest absolute Gasteiger partial charge is 0.458 e. The summed E-state index contributed by atoms with van der Waals surface area (Å²) in [6.45, 7) is 0.00273. The summed E-state index contributed by atoms with van der Waals surface area (Å²) in [7, 11) is 0. The molecule has 3 heteroatoms. The molecule has 0 bridgehead atoms. The lowest BCUT2D eigenvalue weighted by atomic mass is 9.34. The van der Waals surface area contributed by atoms with Crippen LogP contribution in [0.5, 0.6) is 23.0 Å². The molecule has 2 heterocycles. The number of para-hydroxylation sites is 1. The molecule has 5 aromatic rings. The third-order valence-electron chi connectivity index (χ3n) is 8.04. The zero-order valence-electron chi connectivity index (χ0n) is 21.4. The molecule has 3 aliphatic rings. The Morgan fingerprint density at radius 3 is 2.10 bits per heavy atom. The summed E-state index contributed by atoms with van der Waals surface area (Å²) in [6, 6.07) is 38.5. The Morgan fingerprint density at radius 1 is 0.538 bits per heavy atom. The van der Waals surface area contributed by atoms with Gasteiger partial charge in [0.15, 0.2) is 0 Å². The molecule has 0 unspecified atom stereocenters. The van der Waals surface area contributed by atoms with Crippen LogP contribution in [0.15, 0.2) is 127 Å². The van der Waals surface area contributed by atoms with E-state index in [-0.39, 0.29) is 6.71 Å². The molecule has 0 atom stereocenters. The summed E-state index contributed by atoms with van der Waals surface area (Å²) < 4.78 is 13.5. The summed E-state index contributed by atoms with van der Waals surface area (Å²) in [5, 5.41) is 0. The van der Waals surface area contributed by atoms with Gasteiger partial charge in [-0.25, -0.2) is 0 Å². The smallest absolute Gasteiger partial charge is 0.260 e. The Morgan fingerprint density at radius 2 is 1.31 bits per heavy atom. The number of fused-ring (bicyclic) bond motifs is 4. The molecule has 0 aromatic heterocycles. The van der Waals surface area contributed by atoms with Gasteiger partial charge in [0.1, 0.15) is 23.0 Å². The van der Waals surface area contributed by atoms with Gasteiger partial charge in [0.2, 0.25) is 0 Å². The van der Waals surface area contributed by atoms with Crippen molar-refractivity contribution in [2.75, 3.05) is 0 Å². The van der Waals surface area contributed by atoms with E-state index in [2.05, 4.69) is 121 Å². The molecule has 2 aliphatic heterocycles. The molecule has 8 rings (SSSR count). The maximum Gasteiger partial charge on any atom is 0.260 e. The number of allylic oxidation sites excluding steroid dienone is 4. The number of rotatable bonds is 3. The molecule has 0 fully saturated rings. The monoisotopic (exact) mass is 500 g/mol. The van der Waals surface area contributed by atoms with Gasteiger partial charge in [-0.15, -0.1) is 0 Å². The zero-order valence-corrected chi connectivity index (χ0v) is 21.4. The lowest BCUT2D eigenvalue weighted by Gasteiger charge is -2.35. The van der Waals surface area contributed by atoms with E-state index in [1.165, 1.54) is 27.6 Å². The van der Waals surface area contributed by atoms with Crippen molar-refractivity contribution in [3.05, 3.63) is 133 Å². The standard InChI is InChI=1S/C36H25BO2/c1-4-11-24(12-5-1)27-19-21-32-31(23-27)37-30-18-10-17-28(25-13-6-2-7-14-25)35(30)39-33-22-20-29(36(38-32)34(33)37)26-15-8-3-9-16-26/h1,3-6,8-23H,2,7H2. The van der Waals surface area contributed by atoms with Crippen LogP contribution in [0.1, 0.15) is 18.4 Å². The first-order valence-corrected chi connectivity index (χ1v) is 13.6. The summed E-state index contributed by atoms with van der Waals surface area (Å²) in [6.07, 6.45) is 8.95. The van der Waals surface area contributed by atoms with Crippen LogP contribution in [0.25, 0.3) is 27.8 Å². The average molecular weight is 500 g/mol. The number of benzene rings is 5. The van der Waals surface area contributed by atoms with E-state index in [1.54, 1.807) is 0 Å². The molecular formula is C36H25BO2. The van der Waals surface area contributed by atoms with Crippen LogP contribution in [0.2, 0.25) is 0 Å². The SMILES string of the molecule is C1=CC(c2cccc3c2Oc2ccc(-c4ccccc4)c4c2B3c2cc(-c3ccccc3)ccc2O4)=CCC1. The van der Waals surface area contributed by atoms with Gasteiger partial charge in [0.05, 0.1) is 0 Å². The van der Waals surface area contributed by atoms with Gasteiger partial charge in [-0.05, 0) is 64.2 Å². The predicted molar refractivity (Wildman–Crippen MR) is 161 cm³/mol. The van der Waals surface area contributed by atoms with Gasteiger partial charge in [-0.3, -0.25) is 0 Å². The van der Waals surface area contributed by atoms with Crippen molar-refractivity contribution in [1.29, 1.82) is 0 Å². The van der Waals surface area contributed by atoms with Crippen molar-refractivity contribution in [2.45, 2.75) is 12.8 Å². The van der Waals surface area contributed by atoms with E-state index >= 15 is 0 Å². The predicted octanol–water partition coefficient (Wildman–Crippen LogP) is 7.48. The highest BCUT2D eigenvalue weighted by atomic mass is 16.5. The second-order valence-corrected chi connectivity index (χ2v) is 10.3. The lowest BCUT2D eigenvalue weighted by Crippen LogP contribution is -2.57. The fourth-order valence-electron chi connectivity index (χ4n) is 6.21. The maximum atomic E-state index is 6.77. The van der Waals surface area contributed by atoms with Gasteiger partial charge >= 0.3 is 0 Å². The Balaban J connectivity index is 1.39. The minimum Gasteiger partial charge on any atom is -0.458 e. The summed E-state index contributed by atoms with van der Waals surface area (Å²) in [5.74, 6) is 3.60. The molecule has 39 heavy (non-hydrogen) atoms. The molecule has 0 N–H and O–H groups in total. The van der Waals surface area contributed by atoms with Crippen molar-refractivity contribution in [3.8, 4) is 45.3 Å². The molecule has 0 spiro atoms. The Labute approximate surface area is 229 Å². The van der Waals surface area contributed by atoms with E-state index < -0.39 is 0 Å². The van der Waals surface area contributed by atoms with Gasteiger partial charge < -0.3 is 9.47 Å². The van der Waals surface area contributed by atoms with Crippen molar-refractivity contribution < 1.29 is 9.47 Å². The molecule has 184 valence electrons. The van der Waals surface area contributed by atoms with Crippen LogP contribution in [0.4, 0.5) is 0 Å². The lowest BCUT2D eigenvalue weighted by molar-refractivity contribution is 0.465. The highest BCUT2D eigenvalue weighted by Crippen LogP contribution is 2.43. The normalized spacial score (nSPS) is 14.4. The third-order valence-corrected chi connectivity index (χ3v) is 8.04. The molecule has 0 saturated carbocycles. The van der Waals surface area contributed by atoms with Crippen molar-refractivity contribution in [1.82, 2.24) is 0 Å². The first-order valence-electron chi connectivity index (χ1n) is 13.6. The van der Waals surface area contributed by atoms with E-state index in [0.29, 0.717) is 0 Å². The van der Waals surface area contributed by atoms with E-state index in [4.69, 9.17) is 9.47 Å². The van der Waals surface area contributed by atoms with Crippen LogP contribution in [0, 0.1) is 0 Å². The molecule has 0 radical (unpaired) electrons. The molecule has 5 aromatic carbocycles. The molecular weight excluding hydrogens is 475 g/mol. The third kappa shape index (κ3) is 3.58. The van der Waals surface area contributed by atoms with Gasteiger partial charge in [0, 0.05) is 16.6 Å². The van der Waals surface area contributed by atoms with Crippen molar-refractivity contribution in [2.24, 2.45) is 0 Å². The molecule has 0 saturated heterocycles. The first-order chi connectivity index (χ1) is 19.3. The van der Waals surface area contributed by atoms with Crippen LogP contribution in [0.3, 0.4) is 0 Å². The van der Waals surface area contributed by atoms with Gasteiger partial charge in [-0.1, -0.05) is 109 Å². The highest BCUT2D eigenvalue weighted by Gasteiger charge is 2.42. The average Bonchev–Trinajstić information content (AvgIpc) is 3.02. The van der Waals surface area contributed by atoms with E-state index in [0.717, 1.165) is 58.0 Å². The molecule has 1 aliphatic carbocycles. The quantitative estimate of drug-likeness (QED) is 0.234. The summed E-state index contributed by atoms with van der Waals surface area (Å²) in [4.78, 5) is 0. The number of ether oxygens (including phenoxy) is 2. The maximum absolute atomic E-state index is 6.77. The summed E-state index contributed by atoms with van der Waals surface area (Å²) in [5.41, 5.74) is 10.4. The van der Waals surface area contributed by atoms with Crippen LogP contribution in [-0.4, -0.2) is 6.71 Å². The van der Waals surface area contributed by atoms with Crippen molar-refractivity contribution >= 4 is 28.7 Å². The van der Waals surface area contributed by atoms with E-state index in [9.17, 15) is 0 Å². The minimum absolute atomic E-state index is 0.00273. The summed E-state index contributed by atoms with van der Waals surface area (Å²) >= 11 is 0. The highest BCUT2D eigenvalue weighted by molar-refractivity contribution is 6.98. The van der Waals surface area contributed by atoms with E-state index in [1.807, 2.05) is 6.07 Å². The Bertz CT molecular complexity index is 1800. The first kappa shape index (κ1) is 22.2. The Kier molecular flexibility index (Phi) is 5.09. The zero-order chi connectivity index (χ0) is 25.8. The second kappa shape index (κ2) is 8.92. The van der Waals surface area contributed by atoms with Crippen LogP contribution in [-0.2, 0) is 0 Å². The number of hydrogen-bond acceptors (Lipinski definition) is 2. The van der Waals surface area contributed by atoms with Crippen molar-refractivity contribution in [3.63, 3.8) is 0 Å².